The van der Waals surface area contributed by atoms with Crippen LogP contribution in [-0.2, 0) is 6.42 Å². The van der Waals surface area contributed by atoms with Gasteiger partial charge in [-0.3, -0.25) is 4.98 Å². The Labute approximate surface area is 122 Å². The number of pyridine rings is 1. The fraction of sp³-hybridized carbons (Fsp3) is 0.389. The summed E-state index contributed by atoms with van der Waals surface area (Å²) in [6.07, 6.45) is 1.06. The summed E-state index contributed by atoms with van der Waals surface area (Å²) in [5.41, 5.74) is 6.28. The van der Waals surface area contributed by atoms with Crippen LogP contribution in [0, 0.1) is 20.8 Å². The summed E-state index contributed by atoms with van der Waals surface area (Å²) >= 11 is 0. The van der Waals surface area contributed by atoms with Crippen molar-refractivity contribution in [3.63, 3.8) is 0 Å². The predicted octanol–water partition coefficient (Wildman–Crippen LogP) is 3.90. The third-order valence-corrected chi connectivity index (χ3v) is 3.72. The van der Waals surface area contributed by atoms with Crippen LogP contribution in [0.5, 0.6) is 0 Å². The molecule has 2 heteroatoms. The maximum atomic E-state index is 4.58. The number of aryl methyl sites for hydroxylation is 3. The lowest BCUT2D eigenvalue weighted by Gasteiger charge is -2.19. The van der Waals surface area contributed by atoms with Gasteiger partial charge in [0.2, 0.25) is 0 Å². The van der Waals surface area contributed by atoms with Crippen molar-refractivity contribution in [1.29, 1.82) is 0 Å². The SMILES string of the molecule is Cc1cc(C)c(C(C)NCCc2ccccc2)c(C)n1. The molecule has 0 aliphatic heterocycles. The molecule has 0 saturated heterocycles. The quantitative estimate of drug-likeness (QED) is 0.889. The Hall–Kier alpha value is -1.67. The highest BCUT2D eigenvalue weighted by Gasteiger charge is 2.12. The maximum absolute atomic E-state index is 4.58. The van der Waals surface area contributed by atoms with Crippen molar-refractivity contribution in [2.45, 2.75) is 40.2 Å². The average Bonchev–Trinajstić information content (AvgIpc) is 2.38. The first-order chi connectivity index (χ1) is 9.58. The zero-order chi connectivity index (χ0) is 14.5. The van der Waals surface area contributed by atoms with E-state index in [2.05, 4.69) is 74.4 Å². The van der Waals surface area contributed by atoms with E-state index in [1.54, 1.807) is 0 Å². The second-order valence-electron chi connectivity index (χ2n) is 5.49. The molecule has 0 bridgehead atoms. The highest BCUT2D eigenvalue weighted by atomic mass is 14.9. The lowest BCUT2D eigenvalue weighted by atomic mass is 10.00. The summed E-state index contributed by atoms with van der Waals surface area (Å²) in [5, 5.41) is 3.61. The second kappa shape index (κ2) is 6.67. The smallest absolute Gasteiger partial charge is 0.0426 e. The number of rotatable bonds is 5. The van der Waals surface area contributed by atoms with E-state index in [4.69, 9.17) is 0 Å². The van der Waals surface area contributed by atoms with Crippen LogP contribution in [0.2, 0.25) is 0 Å². The van der Waals surface area contributed by atoms with Crippen molar-refractivity contribution in [2.75, 3.05) is 6.54 Å². The van der Waals surface area contributed by atoms with Crippen molar-refractivity contribution >= 4 is 0 Å². The van der Waals surface area contributed by atoms with Gasteiger partial charge in [0.25, 0.3) is 0 Å². The van der Waals surface area contributed by atoms with Gasteiger partial charge in [-0.1, -0.05) is 30.3 Å². The van der Waals surface area contributed by atoms with E-state index in [9.17, 15) is 0 Å². The van der Waals surface area contributed by atoms with Gasteiger partial charge in [0, 0.05) is 17.4 Å². The van der Waals surface area contributed by atoms with Gasteiger partial charge >= 0.3 is 0 Å². The molecule has 1 atom stereocenters. The fourth-order valence-electron chi connectivity index (χ4n) is 2.87. The van der Waals surface area contributed by atoms with Crippen molar-refractivity contribution in [3.05, 3.63) is 64.5 Å². The van der Waals surface area contributed by atoms with Crippen LogP contribution in [0.25, 0.3) is 0 Å². The Morgan fingerprint density at radius 2 is 1.80 bits per heavy atom. The van der Waals surface area contributed by atoms with Crippen LogP contribution in [0.3, 0.4) is 0 Å². The molecule has 1 N–H and O–H groups in total. The molecule has 1 unspecified atom stereocenters. The minimum absolute atomic E-state index is 0.340. The molecule has 0 fully saturated rings. The van der Waals surface area contributed by atoms with E-state index < -0.39 is 0 Å². The molecule has 0 amide bonds. The molecule has 2 aromatic rings. The molecule has 1 aromatic heterocycles. The van der Waals surface area contributed by atoms with Crippen molar-refractivity contribution in [2.24, 2.45) is 0 Å². The summed E-state index contributed by atoms with van der Waals surface area (Å²) in [4.78, 5) is 4.58. The molecular weight excluding hydrogens is 244 g/mol. The molecule has 0 radical (unpaired) electrons. The van der Waals surface area contributed by atoms with Gasteiger partial charge in [-0.25, -0.2) is 0 Å². The Balaban J connectivity index is 1.97. The van der Waals surface area contributed by atoms with E-state index in [1.165, 1.54) is 16.7 Å². The van der Waals surface area contributed by atoms with Gasteiger partial charge in [0.1, 0.15) is 0 Å². The third kappa shape index (κ3) is 3.67. The van der Waals surface area contributed by atoms with Crippen LogP contribution < -0.4 is 5.32 Å². The molecule has 0 spiro atoms. The standard InChI is InChI=1S/C18H24N2/c1-13-12-14(2)20-16(4)18(13)15(3)19-11-10-17-8-6-5-7-9-17/h5-9,12,15,19H,10-11H2,1-4H3. The maximum Gasteiger partial charge on any atom is 0.0426 e. The monoisotopic (exact) mass is 268 g/mol. The molecule has 2 rings (SSSR count). The van der Waals surface area contributed by atoms with Gasteiger partial charge in [0.15, 0.2) is 0 Å². The minimum Gasteiger partial charge on any atom is -0.310 e. The van der Waals surface area contributed by atoms with Crippen LogP contribution in [0.4, 0.5) is 0 Å². The summed E-state index contributed by atoms with van der Waals surface area (Å²) in [6, 6.07) is 13.1. The molecular formula is C18H24N2. The summed E-state index contributed by atoms with van der Waals surface area (Å²) in [6.45, 7) is 9.53. The Kier molecular flexibility index (Phi) is 4.91. The van der Waals surface area contributed by atoms with E-state index in [0.717, 1.165) is 24.4 Å². The topological polar surface area (TPSA) is 24.9 Å². The van der Waals surface area contributed by atoms with Crippen LogP contribution >= 0.6 is 0 Å². The highest BCUT2D eigenvalue weighted by Crippen LogP contribution is 2.21. The van der Waals surface area contributed by atoms with E-state index in [-0.39, 0.29) is 0 Å². The van der Waals surface area contributed by atoms with Gasteiger partial charge in [-0.05, 0) is 63.4 Å². The highest BCUT2D eigenvalue weighted by molar-refractivity contribution is 5.33. The molecule has 0 aliphatic carbocycles. The normalized spacial score (nSPS) is 12.4. The third-order valence-electron chi connectivity index (χ3n) is 3.72. The van der Waals surface area contributed by atoms with Crippen LogP contribution in [0.1, 0.15) is 41.0 Å². The lowest BCUT2D eigenvalue weighted by molar-refractivity contribution is 0.569. The predicted molar refractivity (Wildman–Crippen MR) is 85.0 cm³/mol. The van der Waals surface area contributed by atoms with Crippen molar-refractivity contribution in [3.8, 4) is 0 Å². The number of aromatic nitrogens is 1. The number of nitrogens with one attached hydrogen (secondary N) is 1. The number of hydrogen-bond acceptors (Lipinski definition) is 2. The number of nitrogens with zero attached hydrogens (tertiary/aromatic N) is 1. The fourth-order valence-corrected chi connectivity index (χ4v) is 2.87. The second-order valence-corrected chi connectivity index (χ2v) is 5.49. The Bertz CT molecular complexity index is 538. The van der Waals surface area contributed by atoms with Gasteiger partial charge in [-0.2, -0.15) is 0 Å². The molecule has 106 valence electrons. The summed E-state index contributed by atoms with van der Waals surface area (Å²) in [5.74, 6) is 0. The largest absolute Gasteiger partial charge is 0.310 e. The van der Waals surface area contributed by atoms with E-state index in [1.807, 2.05) is 0 Å². The molecule has 20 heavy (non-hydrogen) atoms. The minimum atomic E-state index is 0.340. The molecule has 1 aromatic carbocycles. The first-order valence-corrected chi connectivity index (χ1v) is 7.30. The van der Waals surface area contributed by atoms with Crippen molar-refractivity contribution in [1.82, 2.24) is 10.3 Å². The first-order valence-electron chi connectivity index (χ1n) is 7.30. The summed E-state index contributed by atoms with van der Waals surface area (Å²) < 4.78 is 0. The van der Waals surface area contributed by atoms with Gasteiger partial charge in [0.05, 0.1) is 0 Å². The molecule has 2 nitrogen and oxygen atoms in total. The lowest BCUT2D eigenvalue weighted by Crippen LogP contribution is -2.23. The Morgan fingerprint density at radius 3 is 2.45 bits per heavy atom. The molecule has 0 saturated carbocycles. The van der Waals surface area contributed by atoms with Crippen molar-refractivity contribution < 1.29 is 0 Å². The zero-order valence-corrected chi connectivity index (χ0v) is 12.9. The number of benzene rings is 1. The van der Waals surface area contributed by atoms with E-state index >= 15 is 0 Å². The van der Waals surface area contributed by atoms with E-state index in [0.29, 0.717) is 6.04 Å². The van der Waals surface area contributed by atoms with Crippen LogP contribution in [-0.4, -0.2) is 11.5 Å². The van der Waals surface area contributed by atoms with Crippen LogP contribution in [0.15, 0.2) is 36.4 Å². The first kappa shape index (κ1) is 14.7. The van der Waals surface area contributed by atoms with Gasteiger partial charge < -0.3 is 5.32 Å². The molecule has 0 aliphatic rings. The summed E-state index contributed by atoms with van der Waals surface area (Å²) in [7, 11) is 0. The number of hydrogen-bond donors (Lipinski definition) is 1. The molecule has 1 heterocycles. The van der Waals surface area contributed by atoms with Gasteiger partial charge in [-0.15, -0.1) is 0 Å². The Morgan fingerprint density at radius 1 is 1.10 bits per heavy atom. The zero-order valence-electron chi connectivity index (χ0n) is 12.9. The average molecular weight is 268 g/mol.